The van der Waals surface area contributed by atoms with Crippen LogP contribution in [0, 0.1) is 5.92 Å². The molecule has 1 aromatic rings. The number of hydrogen-bond acceptors (Lipinski definition) is 3. The fourth-order valence-corrected chi connectivity index (χ4v) is 4.25. The molecule has 152 valence electrons. The van der Waals surface area contributed by atoms with Gasteiger partial charge in [0.2, 0.25) is 0 Å². The lowest BCUT2D eigenvalue weighted by molar-refractivity contribution is 0.267. The van der Waals surface area contributed by atoms with Crippen molar-refractivity contribution in [2.75, 3.05) is 45.8 Å². The van der Waals surface area contributed by atoms with Crippen LogP contribution in [0.4, 0.5) is 0 Å². The van der Waals surface area contributed by atoms with Gasteiger partial charge in [-0.3, -0.25) is 9.89 Å². The highest BCUT2D eigenvalue weighted by molar-refractivity contribution is 14.0. The van der Waals surface area contributed by atoms with Gasteiger partial charge >= 0.3 is 0 Å². The summed E-state index contributed by atoms with van der Waals surface area (Å²) in [6.45, 7) is 9.85. The third-order valence-corrected chi connectivity index (χ3v) is 5.87. The molecule has 0 saturated carbocycles. The Kier molecular flexibility index (Phi) is 9.86. The Bertz CT molecular complexity index is 565. The summed E-state index contributed by atoms with van der Waals surface area (Å²) >= 11 is 0. The smallest absolute Gasteiger partial charge is 0.188 e. The molecule has 0 radical (unpaired) electrons. The Morgan fingerprint density at radius 3 is 2.81 bits per heavy atom. The van der Waals surface area contributed by atoms with E-state index in [1.807, 2.05) is 0 Å². The average molecular weight is 485 g/mol. The van der Waals surface area contributed by atoms with Crippen LogP contribution >= 0.6 is 24.0 Å². The van der Waals surface area contributed by atoms with Crippen LogP contribution < -0.4 is 11.1 Å². The molecule has 3 rings (SSSR count). The van der Waals surface area contributed by atoms with Gasteiger partial charge in [0.05, 0.1) is 0 Å². The third kappa shape index (κ3) is 7.23. The van der Waals surface area contributed by atoms with Gasteiger partial charge in [-0.25, -0.2) is 0 Å². The van der Waals surface area contributed by atoms with Gasteiger partial charge in [-0.15, -0.1) is 24.0 Å². The standard InChI is InChI=1S/C21H35N5.HI/c1-2-26-12-6-9-20(26)16-24-21(22)23-15-19-11-14-25(17-19)13-10-18-7-4-3-5-8-18;/h3-5,7-8,19-20H,2,6,9-17H2,1H3,(H3,22,23,24);1H. The molecule has 2 aliphatic rings. The molecule has 27 heavy (non-hydrogen) atoms. The van der Waals surface area contributed by atoms with Crippen LogP contribution in [-0.4, -0.2) is 67.6 Å². The van der Waals surface area contributed by atoms with E-state index in [1.165, 1.54) is 37.9 Å². The van der Waals surface area contributed by atoms with Crippen LogP contribution in [0.5, 0.6) is 0 Å². The Morgan fingerprint density at radius 1 is 1.22 bits per heavy atom. The van der Waals surface area contributed by atoms with E-state index >= 15 is 0 Å². The highest BCUT2D eigenvalue weighted by Crippen LogP contribution is 2.17. The van der Waals surface area contributed by atoms with E-state index in [4.69, 9.17) is 5.73 Å². The number of halogens is 1. The third-order valence-electron chi connectivity index (χ3n) is 5.87. The minimum atomic E-state index is 0. The molecule has 2 unspecified atom stereocenters. The Morgan fingerprint density at radius 2 is 2.04 bits per heavy atom. The lowest BCUT2D eigenvalue weighted by atomic mass is 10.1. The molecule has 0 aromatic heterocycles. The van der Waals surface area contributed by atoms with Gasteiger partial charge < -0.3 is 16.0 Å². The summed E-state index contributed by atoms with van der Waals surface area (Å²) in [5.74, 6) is 1.26. The van der Waals surface area contributed by atoms with Gasteiger partial charge in [0.25, 0.3) is 0 Å². The summed E-state index contributed by atoms with van der Waals surface area (Å²) < 4.78 is 0. The minimum Gasteiger partial charge on any atom is -0.370 e. The quantitative estimate of drug-likeness (QED) is 0.338. The zero-order valence-electron chi connectivity index (χ0n) is 16.6. The van der Waals surface area contributed by atoms with Crippen molar-refractivity contribution in [3.63, 3.8) is 0 Å². The molecule has 2 saturated heterocycles. The maximum absolute atomic E-state index is 6.09. The molecule has 0 amide bonds. The number of aliphatic imine (C=N–C) groups is 1. The van der Waals surface area contributed by atoms with E-state index in [2.05, 4.69) is 57.4 Å². The predicted molar refractivity (Wildman–Crippen MR) is 125 cm³/mol. The van der Waals surface area contributed by atoms with E-state index in [1.54, 1.807) is 0 Å². The summed E-state index contributed by atoms with van der Waals surface area (Å²) in [5.41, 5.74) is 7.52. The maximum atomic E-state index is 6.09. The lowest BCUT2D eigenvalue weighted by Gasteiger charge is -2.23. The number of hydrogen-bond donors (Lipinski definition) is 2. The zero-order chi connectivity index (χ0) is 18.2. The number of rotatable bonds is 8. The summed E-state index contributed by atoms with van der Waals surface area (Å²) in [7, 11) is 0. The van der Waals surface area contributed by atoms with E-state index < -0.39 is 0 Å². The second-order valence-electron chi connectivity index (χ2n) is 7.72. The predicted octanol–water partition coefficient (Wildman–Crippen LogP) is 2.56. The van der Waals surface area contributed by atoms with Crippen molar-refractivity contribution in [1.82, 2.24) is 15.1 Å². The maximum Gasteiger partial charge on any atom is 0.188 e. The van der Waals surface area contributed by atoms with Gasteiger partial charge in [-0.1, -0.05) is 37.3 Å². The molecule has 5 nitrogen and oxygen atoms in total. The Balaban J connectivity index is 0.00000261. The molecule has 2 aliphatic heterocycles. The summed E-state index contributed by atoms with van der Waals surface area (Å²) in [6, 6.07) is 11.4. The van der Waals surface area contributed by atoms with Gasteiger partial charge in [0.15, 0.2) is 5.96 Å². The number of nitrogens with one attached hydrogen (secondary N) is 1. The van der Waals surface area contributed by atoms with Crippen molar-refractivity contribution in [2.24, 2.45) is 16.6 Å². The molecule has 3 N–H and O–H groups in total. The van der Waals surface area contributed by atoms with Crippen LogP contribution in [0.1, 0.15) is 31.7 Å². The molecule has 2 heterocycles. The first-order chi connectivity index (χ1) is 12.7. The second-order valence-corrected chi connectivity index (χ2v) is 7.72. The number of nitrogens with zero attached hydrogens (tertiary/aromatic N) is 3. The van der Waals surface area contributed by atoms with E-state index in [0.29, 0.717) is 17.9 Å². The normalized spacial score (nSPS) is 24.1. The summed E-state index contributed by atoms with van der Waals surface area (Å²) in [6.07, 6.45) is 4.94. The molecule has 0 aliphatic carbocycles. The Hall–Kier alpha value is -0.860. The number of likely N-dealkylation sites (N-methyl/N-ethyl adjacent to an activating group) is 1. The van der Waals surface area contributed by atoms with E-state index in [-0.39, 0.29) is 24.0 Å². The summed E-state index contributed by atoms with van der Waals surface area (Å²) in [5, 5.41) is 3.34. The van der Waals surface area contributed by atoms with Crippen molar-refractivity contribution in [3.05, 3.63) is 35.9 Å². The first-order valence-corrected chi connectivity index (χ1v) is 10.3. The largest absolute Gasteiger partial charge is 0.370 e. The molecule has 1 aromatic carbocycles. The number of benzene rings is 1. The molecule has 2 atom stereocenters. The van der Waals surface area contributed by atoms with Crippen molar-refractivity contribution in [2.45, 2.75) is 38.6 Å². The van der Waals surface area contributed by atoms with Crippen molar-refractivity contribution in [1.29, 1.82) is 0 Å². The fraction of sp³-hybridized carbons (Fsp3) is 0.667. The zero-order valence-corrected chi connectivity index (χ0v) is 19.0. The van der Waals surface area contributed by atoms with Crippen molar-refractivity contribution < 1.29 is 0 Å². The van der Waals surface area contributed by atoms with E-state index in [9.17, 15) is 0 Å². The molecule has 0 bridgehead atoms. The van der Waals surface area contributed by atoms with Crippen LogP contribution in [0.15, 0.2) is 35.3 Å². The van der Waals surface area contributed by atoms with Gasteiger partial charge in [0.1, 0.15) is 0 Å². The topological polar surface area (TPSA) is 56.9 Å². The van der Waals surface area contributed by atoms with Crippen LogP contribution in [-0.2, 0) is 6.42 Å². The molecular weight excluding hydrogens is 449 g/mol. The second kappa shape index (κ2) is 11.9. The van der Waals surface area contributed by atoms with Crippen LogP contribution in [0.3, 0.4) is 0 Å². The van der Waals surface area contributed by atoms with Gasteiger partial charge in [-0.05, 0) is 56.8 Å². The molecule has 6 heteroatoms. The van der Waals surface area contributed by atoms with E-state index in [0.717, 1.165) is 39.1 Å². The van der Waals surface area contributed by atoms with Crippen molar-refractivity contribution in [3.8, 4) is 0 Å². The fourth-order valence-electron chi connectivity index (χ4n) is 4.25. The average Bonchev–Trinajstić information content (AvgIpc) is 3.32. The highest BCUT2D eigenvalue weighted by Gasteiger charge is 2.23. The molecular formula is C21H36IN5. The van der Waals surface area contributed by atoms with Gasteiger partial charge in [0, 0.05) is 32.2 Å². The first-order valence-electron chi connectivity index (χ1n) is 10.3. The Labute approximate surface area is 181 Å². The SMILES string of the molecule is CCN1CCCC1CNC(N)=NCC1CCN(CCc2ccccc2)C1.I. The number of nitrogens with two attached hydrogens (primary N) is 1. The minimum absolute atomic E-state index is 0. The van der Waals surface area contributed by atoms with Crippen LogP contribution in [0.25, 0.3) is 0 Å². The van der Waals surface area contributed by atoms with Crippen molar-refractivity contribution >= 4 is 29.9 Å². The number of likely N-dealkylation sites (tertiary alicyclic amines) is 2. The highest BCUT2D eigenvalue weighted by atomic mass is 127. The first kappa shape index (κ1) is 22.4. The lowest BCUT2D eigenvalue weighted by Crippen LogP contribution is -2.43. The molecule has 2 fully saturated rings. The van der Waals surface area contributed by atoms with Crippen LogP contribution in [0.2, 0.25) is 0 Å². The molecule has 0 spiro atoms. The monoisotopic (exact) mass is 485 g/mol. The summed E-state index contributed by atoms with van der Waals surface area (Å²) in [4.78, 5) is 9.70. The number of guanidine groups is 1. The van der Waals surface area contributed by atoms with Gasteiger partial charge in [-0.2, -0.15) is 0 Å².